The van der Waals surface area contributed by atoms with Crippen molar-refractivity contribution >= 4 is 5.91 Å². The number of benzene rings is 1. The Morgan fingerprint density at radius 2 is 1.88 bits per heavy atom. The average molecular weight is 235 g/mol. The monoisotopic (exact) mass is 235 g/mol. The van der Waals surface area contributed by atoms with Gasteiger partial charge in [0.15, 0.2) is 0 Å². The van der Waals surface area contributed by atoms with Gasteiger partial charge < -0.3 is 10.5 Å². The highest BCUT2D eigenvalue weighted by Gasteiger charge is 2.25. The van der Waals surface area contributed by atoms with Gasteiger partial charge in [-0.1, -0.05) is 37.3 Å². The van der Waals surface area contributed by atoms with Crippen molar-refractivity contribution < 1.29 is 9.53 Å². The molecule has 3 heteroatoms. The highest BCUT2D eigenvalue weighted by molar-refractivity contribution is 5.74. The summed E-state index contributed by atoms with van der Waals surface area (Å²) in [6.07, 6.45) is 0.457. The van der Waals surface area contributed by atoms with Crippen LogP contribution in [-0.2, 0) is 9.53 Å². The molecule has 94 valence electrons. The van der Waals surface area contributed by atoms with Gasteiger partial charge in [0.05, 0.1) is 6.10 Å². The summed E-state index contributed by atoms with van der Waals surface area (Å²) in [7, 11) is 1.69. The van der Waals surface area contributed by atoms with E-state index in [1.807, 2.05) is 37.3 Å². The lowest BCUT2D eigenvalue weighted by atomic mass is 9.82. The van der Waals surface area contributed by atoms with E-state index in [0.29, 0.717) is 6.42 Å². The van der Waals surface area contributed by atoms with Gasteiger partial charge in [-0.2, -0.15) is 0 Å². The minimum Gasteiger partial charge on any atom is -0.381 e. The lowest BCUT2D eigenvalue weighted by Crippen LogP contribution is -2.27. The van der Waals surface area contributed by atoms with Gasteiger partial charge in [-0.3, -0.25) is 4.79 Å². The topological polar surface area (TPSA) is 52.3 Å². The molecule has 0 aliphatic carbocycles. The number of carbonyl (C=O) groups excluding carboxylic acids is 1. The molecule has 3 unspecified atom stereocenters. The molecule has 1 rings (SSSR count). The first-order valence-electron chi connectivity index (χ1n) is 5.92. The van der Waals surface area contributed by atoms with Crippen LogP contribution >= 0.6 is 0 Å². The van der Waals surface area contributed by atoms with Crippen LogP contribution < -0.4 is 5.73 Å². The van der Waals surface area contributed by atoms with E-state index in [0.717, 1.165) is 5.56 Å². The summed E-state index contributed by atoms with van der Waals surface area (Å²) in [5.74, 6) is 0.0903. The van der Waals surface area contributed by atoms with Gasteiger partial charge in [-0.25, -0.2) is 0 Å². The van der Waals surface area contributed by atoms with Gasteiger partial charge >= 0.3 is 0 Å². The predicted octanol–water partition coefficient (Wildman–Crippen LogP) is 2.32. The first-order chi connectivity index (χ1) is 8.06. The van der Waals surface area contributed by atoms with Crippen molar-refractivity contribution in [1.82, 2.24) is 0 Å². The molecule has 17 heavy (non-hydrogen) atoms. The summed E-state index contributed by atoms with van der Waals surface area (Å²) < 4.78 is 5.34. The quantitative estimate of drug-likeness (QED) is 0.822. The molecule has 3 nitrogen and oxygen atoms in total. The first kappa shape index (κ1) is 13.7. The smallest absolute Gasteiger partial charge is 0.218 e. The maximum Gasteiger partial charge on any atom is 0.218 e. The number of primary amides is 1. The molecule has 0 radical (unpaired) electrons. The van der Waals surface area contributed by atoms with Gasteiger partial charge in [0.25, 0.3) is 0 Å². The van der Waals surface area contributed by atoms with E-state index >= 15 is 0 Å². The summed E-state index contributed by atoms with van der Waals surface area (Å²) in [5, 5.41) is 0. The van der Waals surface area contributed by atoms with Crippen LogP contribution in [-0.4, -0.2) is 19.1 Å². The van der Waals surface area contributed by atoms with E-state index in [1.165, 1.54) is 0 Å². The van der Waals surface area contributed by atoms with Crippen molar-refractivity contribution in [2.45, 2.75) is 32.3 Å². The fourth-order valence-corrected chi connectivity index (χ4v) is 2.07. The number of carbonyl (C=O) groups is 1. The third-order valence-electron chi connectivity index (χ3n) is 3.40. The van der Waals surface area contributed by atoms with Crippen LogP contribution in [0.3, 0.4) is 0 Å². The van der Waals surface area contributed by atoms with Crippen LogP contribution in [0.2, 0.25) is 0 Å². The summed E-state index contributed by atoms with van der Waals surface area (Å²) in [6.45, 7) is 4.11. The number of ether oxygens (including phenoxy) is 1. The number of hydrogen-bond donors (Lipinski definition) is 1. The van der Waals surface area contributed by atoms with Crippen LogP contribution in [0.15, 0.2) is 30.3 Å². The zero-order valence-corrected chi connectivity index (χ0v) is 10.7. The van der Waals surface area contributed by atoms with Crippen molar-refractivity contribution in [3.05, 3.63) is 35.9 Å². The Hall–Kier alpha value is -1.35. The van der Waals surface area contributed by atoms with Crippen LogP contribution in [0.1, 0.15) is 31.7 Å². The summed E-state index contributed by atoms with van der Waals surface area (Å²) in [5.41, 5.74) is 6.47. The fourth-order valence-electron chi connectivity index (χ4n) is 2.07. The minimum atomic E-state index is -0.269. The fraction of sp³-hybridized carbons (Fsp3) is 0.500. The molecule has 1 aromatic rings. The van der Waals surface area contributed by atoms with E-state index in [9.17, 15) is 4.79 Å². The SMILES string of the molecule is COC(C)C(C)C(CC(N)=O)c1ccccc1. The van der Waals surface area contributed by atoms with E-state index in [4.69, 9.17) is 10.5 Å². The Morgan fingerprint density at radius 3 is 2.35 bits per heavy atom. The molecule has 0 aromatic heterocycles. The first-order valence-corrected chi connectivity index (χ1v) is 5.92. The van der Waals surface area contributed by atoms with Crippen molar-refractivity contribution in [3.8, 4) is 0 Å². The van der Waals surface area contributed by atoms with Crippen molar-refractivity contribution in [1.29, 1.82) is 0 Å². The maximum absolute atomic E-state index is 11.2. The van der Waals surface area contributed by atoms with Crippen LogP contribution in [0.4, 0.5) is 0 Å². The predicted molar refractivity (Wildman–Crippen MR) is 68.6 cm³/mol. The molecule has 0 spiro atoms. The summed E-state index contributed by atoms with van der Waals surface area (Å²) >= 11 is 0. The Morgan fingerprint density at radius 1 is 1.29 bits per heavy atom. The normalized spacial score (nSPS) is 16.2. The molecule has 0 saturated heterocycles. The third kappa shape index (κ3) is 3.86. The molecule has 3 atom stereocenters. The number of rotatable bonds is 6. The molecule has 0 aliphatic heterocycles. The molecule has 1 aromatic carbocycles. The van der Waals surface area contributed by atoms with E-state index in [1.54, 1.807) is 7.11 Å². The van der Waals surface area contributed by atoms with E-state index in [2.05, 4.69) is 6.92 Å². The van der Waals surface area contributed by atoms with Crippen molar-refractivity contribution in [3.63, 3.8) is 0 Å². The van der Waals surface area contributed by atoms with Crippen LogP contribution in [0.5, 0.6) is 0 Å². The van der Waals surface area contributed by atoms with Crippen molar-refractivity contribution in [2.24, 2.45) is 11.7 Å². The lowest BCUT2D eigenvalue weighted by Gasteiger charge is -2.27. The second-order valence-corrected chi connectivity index (χ2v) is 4.49. The van der Waals surface area contributed by atoms with Gasteiger partial charge in [0, 0.05) is 13.5 Å². The maximum atomic E-state index is 11.2. The minimum absolute atomic E-state index is 0.0968. The lowest BCUT2D eigenvalue weighted by molar-refractivity contribution is -0.118. The largest absolute Gasteiger partial charge is 0.381 e. The summed E-state index contributed by atoms with van der Waals surface area (Å²) in [6, 6.07) is 10.00. The van der Waals surface area contributed by atoms with Gasteiger partial charge in [0.2, 0.25) is 5.91 Å². The molecular formula is C14H21NO2. The van der Waals surface area contributed by atoms with E-state index < -0.39 is 0 Å². The molecule has 0 aliphatic rings. The number of amides is 1. The standard InChI is InChI=1S/C14H21NO2/c1-10(11(2)17-3)13(9-14(15)16)12-7-5-4-6-8-12/h4-8,10-11,13H,9H2,1-3H3,(H2,15,16). The Balaban J connectivity index is 2.91. The zero-order chi connectivity index (χ0) is 12.8. The zero-order valence-electron chi connectivity index (χ0n) is 10.7. The number of methoxy groups -OCH3 is 1. The second kappa shape index (κ2) is 6.40. The molecule has 1 amide bonds. The number of nitrogens with two attached hydrogens (primary N) is 1. The van der Waals surface area contributed by atoms with Crippen molar-refractivity contribution in [2.75, 3.05) is 7.11 Å². The average Bonchev–Trinajstić information content (AvgIpc) is 2.35. The van der Waals surface area contributed by atoms with Crippen LogP contribution in [0.25, 0.3) is 0 Å². The summed E-state index contributed by atoms with van der Waals surface area (Å²) in [4.78, 5) is 11.2. The molecule has 0 heterocycles. The van der Waals surface area contributed by atoms with E-state index in [-0.39, 0.29) is 23.8 Å². The molecule has 0 bridgehead atoms. The Kier molecular flexibility index (Phi) is 5.16. The van der Waals surface area contributed by atoms with Gasteiger partial charge in [-0.15, -0.1) is 0 Å². The van der Waals surface area contributed by atoms with Gasteiger partial charge in [0.1, 0.15) is 0 Å². The third-order valence-corrected chi connectivity index (χ3v) is 3.40. The number of hydrogen-bond acceptors (Lipinski definition) is 2. The molecular weight excluding hydrogens is 214 g/mol. The van der Waals surface area contributed by atoms with Crippen LogP contribution in [0, 0.1) is 5.92 Å². The Bertz CT molecular complexity index is 350. The molecule has 0 saturated carbocycles. The molecule has 2 N–H and O–H groups in total. The Labute approximate surface area is 103 Å². The molecule has 0 fully saturated rings. The highest BCUT2D eigenvalue weighted by atomic mass is 16.5. The van der Waals surface area contributed by atoms with Gasteiger partial charge in [-0.05, 0) is 24.3 Å². The second-order valence-electron chi connectivity index (χ2n) is 4.49. The highest BCUT2D eigenvalue weighted by Crippen LogP contribution is 2.30.